The highest BCUT2D eigenvalue weighted by molar-refractivity contribution is 7.08. The molecule has 3 rings (SSSR count). The Hall–Kier alpha value is -2.68. The van der Waals surface area contributed by atoms with Gasteiger partial charge in [0.1, 0.15) is 4.88 Å². The van der Waals surface area contributed by atoms with Crippen molar-refractivity contribution in [3.63, 3.8) is 0 Å². The molecule has 22 heavy (non-hydrogen) atoms. The minimum Gasteiger partial charge on any atom is -0.321 e. The zero-order chi connectivity index (χ0) is 15.5. The van der Waals surface area contributed by atoms with E-state index in [1.54, 1.807) is 11.7 Å². The Morgan fingerprint density at radius 3 is 2.95 bits per heavy atom. The summed E-state index contributed by atoms with van der Waals surface area (Å²) in [5.41, 5.74) is 2.19. The van der Waals surface area contributed by atoms with Crippen LogP contribution in [0.5, 0.6) is 0 Å². The Labute approximate surface area is 130 Å². The van der Waals surface area contributed by atoms with Gasteiger partial charge in [-0.15, -0.1) is 10.2 Å². The Balaban J connectivity index is 1.84. The van der Waals surface area contributed by atoms with E-state index in [0.717, 1.165) is 17.1 Å². The summed E-state index contributed by atoms with van der Waals surface area (Å²) in [4.78, 5) is 12.8. The first-order chi connectivity index (χ1) is 10.7. The van der Waals surface area contributed by atoms with Gasteiger partial charge in [-0.3, -0.25) is 4.79 Å². The van der Waals surface area contributed by atoms with E-state index in [0.29, 0.717) is 28.5 Å². The third-order valence-corrected chi connectivity index (χ3v) is 3.86. The molecule has 1 aromatic carbocycles. The number of carbonyl (C=O) groups excluding carboxylic acids is 1. The summed E-state index contributed by atoms with van der Waals surface area (Å²) >= 11 is 1.10. The Kier molecular flexibility index (Phi) is 3.88. The molecule has 0 aliphatic rings. The van der Waals surface area contributed by atoms with Gasteiger partial charge in [-0.25, -0.2) is 4.68 Å². The normalized spacial score (nSPS) is 10.6. The second-order valence-electron chi connectivity index (χ2n) is 4.56. The number of aromatic nitrogens is 6. The fraction of sp³-hybridized carbons (Fsp3) is 0.231. The fourth-order valence-electron chi connectivity index (χ4n) is 2.01. The van der Waals surface area contributed by atoms with Crippen molar-refractivity contribution in [2.24, 2.45) is 7.05 Å². The Bertz CT molecular complexity index is 810. The molecule has 0 saturated carbocycles. The highest BCUT2D eigenvalue weighted by Crippen LogP contribution is 2.21. The SMILES string of the molecule is CCc1nnsc1C(=O)Nc1cccc(-c2nnnn2C)c1. The van der Waals surface area contributed by atoms with Gasteiger partial charge >= 0.3 is 0 Å². The topological polar surface area (TPSA) is 98.5 Å². The van der Waals surface area contributed by atoms with E-state index < -0.39 is 0 Å². The van der Waals surface area contributed by atoms with Crippen molar-refractivity contribution in [1.29, 1.82) is 0 Å². The summed E-state index contributed by atoms with van der Waals surface area (Å²) < 4.78 is 5.40. The number of nitrogens with one attached hydrogen (secondary N) is 1. The molecule has 0 spiro atoms. The number of aryl methyl sites for hydroxylation is 2. The highest BCUT2D eigenvalue weighted by atomic mass is 32.1. The molecule has 8 nitrogen and oxygen atoms in total. The van der Waals surface area contributed by atoms with E-state index in [2.05, 4.69) is 30.4 Å². The van der Waals surface area contributed by atoms with Crippen LogP contribution in [0.25, 0.3) is 11.4 Å². The number of hydrogen-bond acceptors (Lipinski definition) is 7. The molecule has 0 fully saturated rings. The van der Waals surface area contributed by atoms with Gasteiger partial charge in [-0.2, -0.15) is 0 Å². The predicted octanol–water partition coefficient (Wildman–Crippen LogP) is 1.54. The van der Waals surface area contributed by atoms with Crippen molar-refractivity contribution >= 4 is 23.1 Å². The lowest BCUT2D eigenvalue weighted by Crippen LogP contribution is -2.12. The van der Waals surface area contributed by atoms with E-state index in [9.17, 15) is 4.79 Å². The summed E-state index contributed by atoms with van der Waals surface area (Å²) in [6.45, 7) is 1.94. The maximum atomic E-state index is 12.3. The van der Waals surface area contributed by atoms with Gasteiger partial charge in [-0.05, 0) is 40.5 Å². The number of hydrogen-bond donors (Lipinski definition) is 1. The van der Waals surface area contributed by atoms with Crippen LogP contribution in [0.3, 0.4) is 0 Å². The molecule has 9 heteroatoms. The van der Waals surface area contributed by atoms with Crippen LogP contribution in [0.1, 0.15) is 22.3 Å². The zero-order valence-corrected chi connectivity index (χ0v) is 12.8. The number of carbonyl (C=O) groups is 1. The fourth-order valence-corrected chi connectivity index (χ4v) is 2.66. The van der Waals surface area contributed by atoms with Gasteiger partial charge in [0, 0.05) is 18.3 Å². The number of anilines is 1. The van der Waals surface area contributed by atoms with Crippen LogP contribution in [-0.2, 0) is 13.5 Å². The quantitative estimate of drug-likeness (QED) is 0.784. The maximum Gasteiger partial charge on any atom is 0.269 e. The van der Waals surface area contributed by atoms with Crippen molar-refractivity contribution in [2.75, 3.05) is 5.32 Å². The van der Waals surface area contributed by atoms with Crippen LogP contribution in [0, 0.1) is 0 Å². The van der Waals surface area contributed by atoms with Gasteiger partial charge in [0.15, 0.2) is 5.82 Å². The summed E-state index contributed by atoms with van der Waals surface area (Å²) in [5.74, 6) is 0.421. The molecule has 3 aromatic rings. The molecule has 1 amide bonds. The summed E-state index contributed by atoms with van der Waals surface area (Å²) in [6.07, 6.45) is 0.671. The molecule has 0 aliphatic carbocycles. The largest absolute Gasteiger partial charge is 0.321 e. The van der Waals surface area contributed by atoms with E-state index in [-0.39, 0.29) is 5.91 Å². The first-order valence-electron chi connectivity index (χ1n) is 6.64. The number of benzene rings is 1. The van der Waals surface area contributed by atoms with E-state index in [1.165, 1.54) is 0 Å². The van der Waals surface area contributed by atoms with Crippen LogP contribution in [-0.4, -0.2) is 35.7 Å². The third-order valence-electron chi connectivity index (χ3n) is 3.10. The molecule has 0 aliphatic heterocycles. The number of tetrazole rings is 1. The molecule has 1 N–H and O–H groups in total. The molecular formula is C13H13N7OS. The van der Waals surface area contributed by atoms with E-state index in [1.807, 2.05) is 31.2 Å². The van der Waals surface area contributed by atoms with Gasteiger partial charge in [0.2, 0.25) is 0 Å². The monoisotopic (exact) mass is 315 g/mol. The molecule has 112 valence electrons. The van der Waals surface area contributed by atoms with Crippen LogP contribution < -0.4 is 5.32 Å². The Morgan fingerprint density at radius 2 is 2.23 bits per heavy atom. The molecule has 0 unspecified atom stereocenters. The van der Waals surface area contributed by atoms with Crippen LogP contribution >= 0.6 is 11.5 Å². The van der Waals surface area contributed by atoms with Crippen molar-refractivity contribution in [3.05, 3.63) is 34.8 Å². The second kappa shape index (κ2) is 5.98. The molecule has 2 heterocycles. The number of nitrogens with zero attached hydrogens (tertiary/aromatic N) is 6. The van der Waals surface area contributed by atoms with Gasteiger partial charge in [0.05, 0.1) is 5.69 Å². The van der Waals surface area contributed by atoms with Crippen molar-refractivity contribution in [3.8, 4) is 11.4 Å². The first kappa shape index (κ1) is 14.3. The van der Waals surface area contributed by atoms with Crippen molar-refractivity contribution in [1.82, 2.24) is 29.8 Å². The molecule has 0 bridgehead atoms. The predicted molar refractivity (Wildman–Crippen MR) is 81.5 cm³/mol. The van der Waals surface area contributed by atoms with Crippen LogP contribution in [0.2, 0.25) is 0 Å². The average molecular weight is 315 g/mol. The Morgan fingerprint density at radius 1 is 1.36 bits per heavy atom. The molecular weight excluding hydrogens is 302 g/mol. The number of amides is 1. The van der Waals surface area contributed by atoms with E-state index >= 15 is 0 Å². The van der Waals surface area contributed by atoms with E-state index in [4.69, 9.17) is 0 Å². The zero-order valence-electron chi connectivity index (χ0n) is 12.0. The summed E-state index contributed by atoms with van der Waals surface area (Å²) in [7, 11) is 1.76. The first-order valence-corrected chi connectivity index (χ1v) is 7.41. The molecule has 2 aromatic heterocycles. The number of rotatable bonds is 4. The average Bonchev–Trinajstić information content (AvgIpc) is 3.15. The smallest absolute Gasteiger partial charge is 0.269 e. The minimum absolute atomic E-state index is 0.208. The van der Waals surface area contributed by atoms with Crippen molar-refractivity contribution < 1.29 is 4.79 Å². The highest BCUT2D eigenvalue weighted by Gasteiger charge is 2.15. The molecule has 0 saturated heterocycles. The van der Waals surface area contributed by atoms with Crippen LogP contribution in [0.4, 0.5) is 5.69 Å². The lowest BCUT2D eigenvalue weighted by atomic mass is 10.2. The maximum absolute atomic E-state index is 12.3. The van der Waals surface area contributed by atoms with Gasteiger partial charge in [0.25, 0.3) is 5.91 Å². The molecule has 0 atom stereocenters. The lowest BCUT2D eigenvalue weighted by molar-refractivity contribution is 0.102. The lowest BCUT2D eigenvalue weighted by Gasteiger charge is -2.06. The molecule has 0 radical (unpaired) electrons. The van der Waals surface area contributed by atoms with Gasteiger partial charge in [-0.1, -0.05) is 23.5 Å². The standard InChI is InChI=1S/C13H13N7OS/c1-3-10-11(22-19-15-10)13(21)14-9-6-4-5-8(7-9)12-16-17-18-20(12)2/h4-7H,3H2,1-2H3,(H,14,21). The summed E-state index contributed by atoms with van der Waals surface area (Å²) in [6, 6.07) is 7.35. The summed E-state index contributed by atoms with van der Waals surface area (Å²) in [5, 5.41) is 18.2. The van der Waals surface area contributed by atoms with Crippen LogP contribution in [0.15, 0.2) is 24.3 Å². The third kappa shape index (κ3) is 2.70. The van der Waals surface area contributed by atoms with Crippen molar-refractivity contribution in [2.45, 2.75) is 13.3 Å². The minimum atomic E-state index is -0.208. The second-order valence-corrected chi connectivity index (χ2v) is 5.32. The van der Waals surface area contributed by atoms with Gasteiger partial charge < -0.3 is 5.32 Å².